The van der Waals surface area contributed by atoms with Gasteiger partial charge in [0.15, 0.2) is 11.3 Å². The van der Waals surface area contributed by atoms with Gasteiger partial charge in [-0.05, 0) is 47.7 Å². The first-order valence-corrected chi connectivity index (χ1v) is 9.83. The van der Waals surface area contributed by atoms with Gasteiger partial charge < -0.3 is 4.90 Å². The second-order valence-electron chi connectivity index (χ2n) is 7.18. The van der Waals surface area contributed by atoms with Gasteiger partial charge in [0.25, 0.3) is 5.91 Å². The summed E-state index contributed by atoms with van der Waals surface area (Å²) in [6.07, 6.45) is 7.61. The Bertz CT molecular complexity index is 1220. The maximum Gasteiger partial charge on any atom is 0.274 e. The van der Waals surface area contributed by atoms with Crippen LogP contribution in [0.15, 0.2) is 61.2 Å². The highest BCUT2D eigenvalue weighted by Crippen LogP contribution is 2.33. The lowest BCUT2D eigenvalue weighted by Crippen LogP contribution is -2.39. The van der Waals surface area contributed by atoms with Gasteiger partial charge in [-0.15, -0.1) is 0 Å². The number of halogens is 1. The molecule has 0 saturated heterocycles. The van der Waals surface area contributed by atoms with Crippen molar-refractivity contribution in [1.29, 1.82) is 0 Å². The summed E-state index contributed by atoms with van der Waals surface area (Å²) in [4.78, 5) is 23.3. The Morgan fingerprint density at radius 2 is 1.97 bits per heavy atom. The second kappa shape index (κ2) is 6.97. The molecule has 6 nitrogen and oxygen atoms in total. The average molecular weight is 404 g/mol. The second-order valence-corrected chi connectivity index (χ2v) is 7.61. The molecule has 1 aliphatic rings. The van der Waals surface area contributed by atoms with E-state index >= 15 is 0 Å². The van der Waals surface area contributed by atoms with Crippen LogP contribution in [0.4, 0.5) is 0 Å². The van der Waals surface area contributed by atoms with Crippen molar-refractivity contribution in [2.45, 2.75) is 19.4 Å². The highest BCUT2D eigenvalue weighted by molar-refractivity contribution is 6.30. The molecule has 0 fully saturated rings. The van der Waals surface area contributed by atoms with Crippen molar-refractivity contribution in [1.82, 2.24) is 24.5 Å². The average Bonchev–Trinajstić information content (AvgIpc) is 3.17. The number of hydrogen-bond donors (Lipinski definition) is 0. The molecule has 4 heterocycles. The molecule has 0 aliphatic carbocycles. The Morgan fingerprint density at radius 3 is 2.79 bits per heavy atom. The van der Waals surface area contributed by atoms with Crippen LogP contribution < -0.4 is 0 Å². The van der Waals surface area contributed by atoms with Crippen molar-refractivity contribution >= 4 is 23.2 Å². The molecule has 7 heteroatoms. The highest BCUT2D eigenvalue weighted by atomic mass is 35.5. The predicted molar refractivity (Wildman–Crippen MR) is 111 cm³/mol. The summed E-state index contributed by atoms with van der Waals surface area (Å²) in [5.74, 6) is -0.0945. The molecule has 0 bridgehead atoms. The quantitative estimate of drug-likeness (QED) is 0.503. The highest BCUT2D eigenvalue weighted by Gasteiger charge is 2.30. The largest absolute Gasteiger partial charge is 0.330 e. The molecule has 3 aromatic heterocycles. The van der Waals surface area contributed by atoms with Crippen molar-refractivity contribution < 1.29 is 4.79 Å². The van der Waals surface area contributed by atoms with Crippen LogP contribution in [0.1, 0.15) is 34.6 Å². The molecule has 0 N–H and O–H groups in total. The molecule has 1 atom stereocenters. The third kappa shape index (κ3) is 3.15. The van der Waals surface area contributed by atoms with Crippen molar-refractivity contribution in [2.75, 3.05) is 6.54 Å². The number of nitrogens with zero attached hydrogens (tertiary/aromatic N) is 5. The van der Waals surface area contributed by atoms with E-state index in [2.05, 4.69) is 40.2 Å². The van der Waals surface area contributed by atoms with Crippen LogP contribution in [0.2, 0.25) is 5.02 Å². The smallest absolute Gasteiger partial charge is 0.274 e. The fourth-order valence-electron chi connectivity index (χ4n) is 3.94. The Morgan fingerprint density at radius 1 is 1.14 bits per heavy atom. The minimum absolute atomic E-state index is 0.0286. The van der Waals surface area contributed by atoms with E-state index in [9.17, 15) is 4.79 Å². The lowest BCUT2D eigenvalue weighted by molar-refractivity contribution is 0.0671. The van der Waals surface area contributed by atoms with Crippen molar-refractivity contribution in [3.63, 3.8) is 0 Å². The number of aromatic nitrogens is 4. The maximum absolute atomic E-state index is 13.1. The lowest BCUT2D eigenvalue weighted by Gasteiger charge is -2.35. The zero-order chi connectivity index (χ0) is 20.0. The molecule has 1 amide bonds. The van der Waals surface area contributed by atoms with Crippen molar-refractivity contribution in [2.24, 2.45) is 0 Å². The number of fused-ring (bicyclic) bond motifs is 2. The van der Waals surface area contributed by atoms with E-state index in [0.717, 1.165) is 12.0 Å². The van der Waals surface area contributed by atoms with Crippen LogP contribution in [-0.4, -0.2) is 36.9 Å². The summed E-state index contributed by atoms with van der Waals surface area (Å²) in [6, 6.07) is 12.1. The molecule has 5 rings (SSSR count). The standard InChI is InChI=1S/C22H18ClN5O/c1-14-19-3-2-16(15-4-7-24-8-5-15)10-17(19)6-9-27(14)22(29)20-11-21-25-12-18(23)13-28(21)26-20/h2-5,7-8,10-14H,6,9H2,1H3. The topological polar surface area (TPSA) is 63.4 Å². The molecule has 0 saturated carbocycles. The molecule has 0 spiro atoms. The van der Waals surface area contributed by atoms with E-state index in [1.807, 2.05) is 17.0 Å². The first kappa shape index (κ1) is 17.8. The number of rotatable bonds is 2. The van der Waals surface area contributed by atoms with Crippen LogP contribution >= 0.6 is 11.6 Å². The lowest BCUT2D eigenvalue weighted by atomic mass is 9.90. The molecular weight excluding hydrogens is 386 g/mol. The zero-order valence-electron chi connectivity index (χ0n) is 15.8. The van der Waals surface area contributed by atoms with Crippen molar-refractivity contribution in [3.05, 3.63) is 83.0 Å². The summed E-state index contributed by atoms with van der Waals surface area (Å²) in [7, 11) is 0. The number of carbonyl (C=O) groups excluding carboxylic acids is 1. The molecule has 1 unspecified atom stereocenters. The van der Waals surface area contributed by atoms with Gasteiger partial charge in [0, 0.05) is 31.2 Å². The minimum Gasteiger partial charge on any atom is -0.330 e. The Labute approximate surface area is 172 Å². The van der Waals surface area contributed by atoms with Gasteiger partial charge >= 0.3 is 0 Å². The van der Waals surface area contributed by atoms with Gasteiger partial charge in [0.1, 0.15) is 0 Å². The maximum atomic E-state index is 13.1. The van der Waals surface area contributed by atoms with Gasteiger partial charge in [-0.3, -0.25) is 9.78 Å². The van der Waals surface area contributed by atoms with Gasteiger partial charge in [-0.25, -0.2) is 9.50 Å². The first-order valence-electron chi connectivity index (χ1n) is 9.45. The van der Waals surface area contributed by atoms with E-state index < -0.39 is 0 Å². The Balaban J connectivity index is 1.44. The molecule has 0 radical (unpaired) electrons. The van der Waals surface area contributed by atoms with Crippen LogP contribution in [0.25, 0.3) is 16.8 Å². The van der Waals surface area contributed by atoms with Crippen LogP contribution in [0.3, 0.4) is 0 Å². The molecule has 29 heavy (non-hydrogen) atoms. The normalized spacial score (nSPS) is 16.1. The number of amides is 1. The minimum atomic E-state index is -0.0945. The summed E-state index contributed by atoms with van der Waals surface area (Å²) < 4.78 is 1.54. The monoisotopic (exact) mass is 403 g/mol. The van der Waals surface area contributed by atoms with E-state index in [4.69, 9.17) is 11.6 Å². The Hall–Kier alpha value is -3.25. The fourth-order valence-corrected chi connectivity index (χ4v) is 4.08. The molecule has 144 valence electrons. The summed E-state index contributed by atoms with van der Waals surface area (Å²) >= 11 is 5.97. The Kier molecular flexibility index (Phi) is 4.28. The molecule has 4 aromatic rings. The van der Waals surface area contributed by atoms with Crippen LogP contribution in [0, 0.1) is 0 Å². The van der Waals surface area contributed by atoms with E-state index in [1.165, 1.54) is 16.7 Å². The van der Waals surface area contributed by atoms with Gasteiger partial charge in [0.2, 0.25) is 0 Å². The number of hydrogen-bond acceptors (Lipinski definition) is 4. The number of carbonyl (C=O) groups is 1. The zero-order valence-corrected chi connectivity index (χ0v) is 16.5. The van der Waals surface area contributed by atoms with E-state index in [-0.39, 0.29) is 11.9 Å². The SMILES string of the molecule is CC1c2ccc(-c3ccncc3)cc2CCN1C(=O)c1cc2ncc(Cl)cn2n1. The number of pyridine rings is 1. The molecule has 1 aromatic carbocycles. The predicted octanol–water partition coefficient (Wildman–Crippen LogP) is 4.20. The van der Waals surface area contributed by atoms with Gasteiger partial charge in [0.05, 0.1) is 17.3 Å². The van der Waals surface area contributed by atoms with Crippen LogP contribution in [-0.2, 0) is 6.42 Å². The third-order valence-corrected chi connectivity index (χ3v) is 5.65. The van der Waals surface area contributed by atoms with Crippen LogP contribution in [0.5, 0.6) is 0 Å². The summed E-state index contributed by atoms with van der Waals surface area (Å²) in [5.41, 5.74) is 5.74. The summed E-state index contributed by atoms with van der Waals surface area (Å²) in [5, 5.41) is 4.84. The third-order valence-electron chi connectivity index (χ3n) is 5.46. The fraction of sp³-hybridized carbons (Fsp3) is 0.182. The summed E-state index contributed by atoms with van der Waals surface area (Å²) in [6.45, 7) is 2.71. The van der Waals surface area contributed by atoms with E-state index in [0.29, 0.717) is 22.9 Å². The number of benzene rings is 1. The van der Waals surface area contributed by atoms with Crippen molar-refractivity contribution in [3.8, 4) is 11.1 Å². The van der Waals surface area contributed by atoms with E-state index in [1.54, 1.807) is 35.4 Å². The molecular formula is C22H18ClN5O. The van der Waals surface area contributed by atoms with Gasteiger partial charge in [-0.2, -0.15) is 5.10 Å². The first-order chi connectivity index (χ1) is 14.1. The van der Waals surface area contributed by atoms with Gasteiger partial charge in [-0.1, -0.05) is 29.8 Å². The molecule has 1 aliphatic heterocycles.